The number of phosphoric acid groups is 2. The van der Waals surface area contributed by atoms with Crippen LogP contribution in [0.5, 0.6) is 0 Å². The molecule has 0 aliphatic rings. The zero-order valence-corrected chi connectivity index (χ0v) is 78.5. The molecule has 0 aliphatic heterocycles. The molecule has 0 aliphatic carbocycles. The largest absolute Gasteiger partial charge is 0.475 e. The number of rotatable bonds is 80. The molecular weight excluding hydrogens is 1580 g/mol. The molecule has 7 amide bonds. The van der Waals surface area contributed by atoms with Crippen LogP contribution in [-0.2, 0) is 76.2 Å². The minimum atomic E-state index is -4.34. The number of aliphatic hydroxyl groups is 2. The Hall–Kier alpha value is -5.53. The zero-order chi connectivity index (χ0) is 89.3. The number of H-pyrrole nitrogens is 1. The molecule has 0 saturated heterocycles. The number of benzene rings is 1. The van der Waals surface area contributed by atoms with Crippen molar-refractivity contribution in [2.75, 3.05) is 65.8 Å². The quantitative estimate of drug-likeness (QED) is 0.0167. The Labute approximate surface area is 730 Å². The van der Waals surface area contributed by atoms with Crippen molar-refractivity contribution in [1.82, 2.24) is 42.2 Å². The van der Waals surface area contributed by atoms with E-state index in [2.05, 4.69) is 83.1 Å². The molecule has 2 aromatic rings. The SMILES string of the molecule is C=CCOP(=O)(OCCNC(=O)OC(C)(C)C)OC[C@H](NC(=O)CCCCCCCCCCC)C(=O)NCCC(O)CCCCCCCCCCCCC.C=CCOP(=O)(OCCNC(=O)[C@@H](NC(=O)Cc1c[nH]c2ccccc12)[C@@H](C)CC)OC[C@H](NC(=O)CCCCCCCCCCC)C(=O)NCCC(O)CCCCCCCCCCCCC. The highest BCUT2D eigenvalue weighted by molar-refractivity contribution is 7.48. The smallest absolute Gasteiger partial charge is 0.444 e. The first kappa shape index (κ1) is 113. The normalized spacial score (nSPS) is 14.0. The van der Waals surface area contributed by atoms with Gasteiger partial charge in [0, 0.05) is 56.1 Å². The Kier molecular flexibility index (Phi) is 70.1. The van der Waals surface area contributed by atoms with Gasteiger partial charge in [-0.3, -0.25) is 55.9 Å². The van der Waals surface area contributed by atoms with Crippen LogP contribution >= 0.6 is 15.6 Å². The first-order valence-corrected chi connectivity index (χ1v) is 50.1. The van der Waals surface area contributed by atoms with Crippen LogP contribution < -0.4 is 37.2 Å². The van der Waals surface area contributed by atoms with Gasteiger partial charge < -0.3 is 57.2 Å². The summed E-state index contributed by atoms with van der Waals surface area (Å²) in [5.74, 6) is -2.64. The standard InChI is InChI=1S/C52H90N5O9P.C41H80N3O9P/c1-6-10-12-14-16-18-19-21-22-24-26-30-44(58)34-35-53-51(61)47(56-48(59)33-27-25-23-20-17-15-13-11-7-2)41-66-67(63,64-37-8-3)65-38-36-54-52(62)50(42(5)9-4)57-49(60)39-43-40-55-46-32-29-28-31-45(43)46;1-7-10-12-14-16-18-19-21-22-24-26-28-36(45)30-31-42-39(47)37(44-38(46)29-27-25-23-20-17-15-13-11-8-2)35-52-54(49,50-33-9-3)51-34-32-43-40(48)53-41(4,5)6/h8,28-29,31-32,40,42,44,47,50,55,58H,3,6-7,9-27,30,33-39,41H2,1-2,4-5H3,(H,53,61)(H,54,62)(H,56,59)(H,57,60);9,36-37,45H,3,7-8,10-35H2,1-2,4-6H3,(H,42,47)(H,43,48)(H,44,46)/t42-,44?,47-,50-,67?;36?,37-,54?/m00/s1. The van der Waals surface area contributed by atoms with Crippen molar-refractivity contribution in [3.63, 3.8) is 0 Å². The number of aliphatic hydroxyl groups excluding tert-OH is 2. The molecule has 700 valence electrons. The average molecular weight is 1750 g/mol. The van der Waals surface area contributed by atoms with Gasteiger partial charge in [-0.15, -0.1) is 13.2 Å². The van der Waals surface area contributed by atoms with Crippen molar-refractivity contribution in [3.8, 4) is 0 Å². The van der Waals surface area contributed by atoms with E-state index < -0.39 is 88.6 Å². The van der Waals surface area contributed by atoms with Gasteiger partial charge in [0.25, 0.3) is 0 Å². The third-order valence-corrected chi connectivity index (χ3v) is 24.0. The molecule has 26 nitrogen and oxygen atoms in total. The fraction of sp³-hybridized carbons (Fsp3) is 0.796. The number of aromatic nitrogens is 1. The Morgan fingerprint density at radius 1 is 0.438 bits per heavy atom. The minimum absolute atomic E-state index is 0.0410. The van der Waals surface area contributed by atoms with E-state index >= 15 is 0 Å². The van der Waals surface area contributed by atoms with Crippen LogP contribution in [-0.4, -0.2) is 158 Å². The van der Waals surface area contributed by atoms with Crippen molar-refractivity contribution < 1.29 is 84.8 Å². The molecular formula is C93H170N8O18P2. The maximum atomic E-state index is 13.8. The summed E-state index contributed by atoms with van der Waals surface area (Å²) in [5.41, 5.74) is 1.06. The third-order valence-electron chi connectivity index (χ3n) is 21.2. The number of aromatic amines is 1. The molecule has 1 heterocycles. The fourth-order valence-electron chi connectivity index (χ4n) is 13.7. The summed E-state index contributed by atoms with van der Waals surface area (Å²) >= 11 is 0. The zero-order valence-electron chi connectivity index (χ0n) is 76.8. The molecule has 0 saturated carbocycles. The highest BCUT2D eigenvalue weighted by atomic mass is 31.2. The van der Waals surface area contributed by atoms with Gasteiger partial charge in [0.1, 0.15) is 23.7 Å². The number of carbonyl (C=O) groups is 7. The van der Waals surface area contributed by atoms with Crippen LogP contribution in [0.4, 0.5) is 4.79 Å². The van der Waals surface area contributed by atoms with Gasteiger partial charge in [0.2, 0.25) is 35.4 Å². The average Bonchev–Trinajstić information content (AvgIpc) is 1.69. The number of phosphoric ester groups is 2. The number of fused-ring (bicyclic) bond motifs is 1. The number of hydrogen-bond acceptors (Lipinski definition) is 18. The lowest BCUT2D eigenvalue weighted by Gasteiger charge is -2.24. The number of hydrogen-bond donors (Lipinski definition) is 10. The third kappa shape index (κ3) is 63.1. The lowest BCUT2D eigenvalue weighted by atomic mass is 9.98. The molecule has 0 bridgehead atoms. The predicted molar refractivity (Wildman–Crippen MR) is 489 cm³/mol. The Balaban J connectivity index is 0.00000124. The second-order valence-electron chi connectivity index (χ2n) is 33.5. The maximum Gasteiger partial charge on any atom is 0.475 e. The lowest BCUT2D eigenvalue weighted by molar-refractivity contribution is -0.130. The molecule has 10 N–H and O–H groups in total. The maximum absolute atomic E-state index is 13.8. The van der Waals surface area contributed by atoms with E-state index in [0.29, 0.717) is 44.9 Å². The molecule has 121 heavy (non-hydrogen) atoms. The Morgan fingerprint density at radius 3 is 1.17 bits per heavy atom. The molecule has 1 aromatic heterocycles. The molecule has 2 rings (SSSR count). The van der Waals surface area contributed by atoms with E-state index in [4.69, 9.17) is 31.9 Å². The van der Waals surface area contributed by atoms with Crippen molar-refractivity contribution >= 4 is 68.1 Å². The van der Waals surface area contributed by atoms with Crippen LogP contribution in [0.2, 0.25) is 0 Å². The number of ether oxygens (including phenoxy) is 1. The second-order valence-corrected chi connectivity index (χ2v) is 36.9. The predicted octanol–water partition coefficient (Wildman–Crippen LogP) is 20.5. The van der Waals surface area contributed by atoms with Gasteiger partial charge in [-0.1, -0.05) is 322 Å². The van der Waals surface area contributed by atoms with Gasteiger partial charge in [-0.25, -0.2) is 13.9 Å². The summed E-state index contributed by atoms with van der Waals surface area (Å²) in [4.78, 5) is 94.5. The number of carbonyl (C=O) groups excluding carboxylic acids is 7. The van der Waals surface area contributed by atoms with Crippen LogP contribution in [0.25, 0.3) is 10.9 Å². The van der Waals surface area contributed by atoms with Gasteiger partial charge in [-0.05, 0) is 76.8 Å². The number of alkyl carbamates (subject to hydrolysis) is 1. The molecule has 0 radical (unpaired) electrons. The molecule has 1 aromatic carbocycles. The van der Waals surface area contributed by atoms with E-state index in [9.17, 15) is 52.9 Å². The number of amides is 7. The summed E-state index contributed by atoms with van der Waals surface area (Å²) in [5, 5.41) is 41.3. The first-order valence-electron chi connectivity index (χ1n) is 47.2. The van der Waals surface area contributed by atoms with E-state index in [1.54, 1.807) is 27.0 Å². The molecule has 28 heteroatoms. The van der Waals surface area contributed by atoms with Crippen LogP contribution in [0.3, 0.4) is 0 Å². The monoisotopic (exact) mass is 1750 g/mol. The highest BCUT2D eigenvalue weighted by Crippen LogP contribution is 2.50. The van der Waals surface area contributed by atoms with Gasteiger partial charge in [0.05, 0.1) is 58.3 Å². The molecule has 0 fully saturated rings. The fourth-order valence-corrected chi connectivity index (χ4v) is 16.0. The van der Waals surface area contributed by atoms with E-state index in [1.165, 1.54) is 186 Å². The summed E-state index contributed by atoms with van der Waals surface area (Å²) in [7, 11) is -8.57. The lowest BCUT2D eigenvalue weighted by Crippen LogP contribution is -2.51. The summed E-state index contributed by atoms with van der Waals surface area (Å²) < 4.78 is 65.4. The van der Waals surface area contributed by atoms with Crippen LogP contribution in [0, 0.1) is 5.92 Å². The number of nitrogens with one attached hydrogen (secondary N) is 8. The Bertz CT molecular complexity index is 3100. The molecule has 4 unspecified atom stereocenters. The van der Waals surface area contributed by atoms with E-state index in [-0.39, 0.29) is 95.5 Å². The van der Waals surface area contributed by atoms with Crippen molar-refractivity contribution in [2.45, 2.75) is 406 Å². The van der Waals surface area contributed by atoms with Gasteiger partial charge in [-0.2, -0.15) is 0 Å². The summed E-state index contributed by atoms with van der Waals surface area (Å²) in [6.07, 6.45) is 53.0. The first-order chi connectivity index (χ1) is 58.3. The summed E-state index contributed by atoms with van der Waals surface area (Å²) in [6, 6.07) is 4.47. The molecule has 0 spiro atoms. The van der Waals surface area contributed by atoms with E-state index in [1.807, 2.05) is 38.1 Å². The van der Waals surface area contributed by atoms with Gasteiger partial charge >= 0.3 is 21.7 Å². The van der Waals surface area contributed by atoms with Crippen molar-refractivity contribution in [2.24, 2.45) is 5.92 Å². The molecule has 8 atom stereocenters. The van der Waals surface area contributed by atoms with E-state index in [0.717, 1.165) is 87.1 Å². The van der Waals surface area contributed by atoms with Gasteiger partial charge in [0.15, 0.2) is 0 Å². The minimum Gasteiger partial charge on any atom is -0.444 e. The van der Waals surface area contributed by atoms with Crippen molar-refractivity contribution in [3.05, 3.63) is 61.3 Å². The van der Waals surface area contributed by atoms with Crippen molar-refractivity contribution in [1.29, 1.82) is 0 Å². The second kappa shape index (κ2) is 74.7. The topological polar surface area (TPSA) is 359 Å². The highest BCUT2D eigenvalue weighted by Gasteiger charge is 2.34. The Morgan fingerprint density at radius 2 is 0.793 bits per heavy atom. The van der Waals surface area contributed by atoms with Crippen LogP contribution in [0.15, 0.2) is 55.8 Å². The number of unbranched alkanes of at least 4 members (excludes halogenated alkanes) is 36. The number of para-hydroxylation sites is 1. The summed E-state index contributed by atoms with van der Waals surface area (Å²) in [6.45, 7) is 23.5. The van der Waals surface area contributed by atoms with Crippen LogP contribution in [0.1, 0.15) is 370 Å².